The quantitative estimate of drug-likeness (QED) is 0.883. The molecule has 0 aliphatic heterocycles. The van der Waals surface area contributed by atoms with Gasteiger partial charge in [-0.05, 0) is 69.0 Å². The average molecular weight is 282 g/mol. The van der Waals surface area contributed by atoms with Crippen molar-refractivity contribution in [3.63, 3.8) is 0 Å². The average Bonchev–Trinajstić information content (AvgIpc) is 2.41. The molecule has 2 aromatic carbocycles. The summed E-state index contributed by atoms with van der Waals surface area (Å²) in [5.74, 6) is 0. The van der Waals surface area contributed by atoms with Gasteiger partial charge in [-0.2, -0.15) is 0 Å². The van der Waals surface area contributed by atoms with Crippen molar-refractivity contribution in [3.8, 4) is 0 Å². The number of hydrogen-bond acceptors (Lipinski definition) is 2. The second-order valence-electron chi connectivity index (χ2n) is 5.89. The van der Waals surface area contributed by atoms with E-state index in [-0.39, 0.29) is 6.04 Å². The van der Waals surface area contributed by atoms with Crippen molar-refractivity contribution >= 4 is 11.4 Å². The van der Waals surface area contributed by atoms with Crippen molar-refractivity contribution in [1.29, 1.82) is 0 Å². The zero-order valence-electron chi connectivity index (χ0n) is 13.6. The Morgan fingerprint density at radius 1 is 1.10 bits per heavy atom. The normalized spacial score (nSPS) is 12.2. The van der Waals surface area contributed by atoms with E-state index in [1.165, 1.54) is 28.1 Å². The van der Waals surface area contributed by atoms with E-state index < -0.39 is 0 Å². The molecule has 2 rings (SSSR count). The van der Waals surface area contributed by atoms with Crippen molar-refractivity contribution in [2.45, 2.75) is 40.2 Å². The number of nitrogens with two attached hydrogens (primary N) is 1. The molecule has 0 saturated heterocycles. The van der Waals surface area contributed by atoms with Crippen LogP contribution in [0.1, 0.15) is 30.5 Å². The Hall–Kier alpha value is -1.80. The van der Waals surface area contributed by atoms with Crippen molar-refractivity contribution in [2.75, 3.05) is 11.4 Å². The standard InChI is InChI=1S/C19H26N2/c1-5-21(18-8-6-7-14(2)11-18)19-10-9-17(12-15(19)3)13-16(4)20/h6-12,16H,5,13,20H2,1-4H3. The molecule has 2 nitrogen and oxygen atoms in total. The van der Waals surface area contributed by atoms with Gasteiger partial charge in [-0.25, -0.2) is 0 Å². The Bertz CT molecular complexity index is 602. The van der Waals surface area contributed by atoms with Crippen molar-refractivity contribution in [1.82, 2.24) is 0 Å². The van der Waals surface area contributed by atoms with E-state index in [9.17, 15) is 0 Å². The fourth-order valence-corrected chi connectivity index (χ4v) is 2.81. The maximum atomic E-state index is 5.90. The van der Waals surface area contributed by atoms with Gasteiger partial charge in [0.2, 0.25) is 0 Å². The van der Waals surface area contributed by atoms with Gasteiger partial charge in [0.1, 0.15) is 0 Å². The molecular formula is C19H26N2. The van der Waals surface area contributed by atoms with Gasteiger partial charge in [0.05, 0.1) is 0 Å². The molecule has 1 unspecified atom stereocenters. The molecule has 112 valence electrons. The molecule has 21 heavy (non-hydrogen) atoms. The molecule has 2 heteroatoms. The number of benzene rings is 2. The minimum absolute atomic E-state index is 0.203. The van der Waals surface area contributed by atoms with Crippen LogP contribution < -0.4 is 10.6 Å². The predicted molar refractivity (Wildman–Crippen MR) is 92.4 cm³/mol. The summed E-state index contributed by atoms with van der Waals surface area (Å²) >= 11 is 0. The summed E-state index contributed by atoms with van der Waals surface area (Å²) in [4.78, 5) is 2.36. The minimum atomic E-state index is 0.203. The number of nitrogens with zero attached hydrogens (tertiary/aromatic N) is 1. The summed E-state index contributed by atoms with van der Waals surface area (Å²) in [6.07, 6.45) is 0.928. The maximum absolute atomic E-state index is 5.90. The molecule has 0 saturated carbocycles. The highest BCUT2D eigenvalue weighted by Crippen LogP contribution is 2.29. The first-order valence-electron chi connectivity index (χ1n) is 7.70. The number of rotatable bonds is 5. The molecule has 0 radical (unpaired) electrons. The van der Waals surface area contributed by atoms with Crippen LogP contribution in [0.3, 0.4) is 0 Å². The van der Waals surface area contributed by atoms with Gasteiger partial charge < -0.3 is 10.6 Å². The van der Waals surface area contributed by atoms with Crippen LogP contribution in [-0.2, 0) is 6.42 Å². The summed E-state index contributed by atoms with van der Waals surface area (Å²) in [5, 5.41) is 0. The SMILES string of the molecule is CCN(c1cccc(C)c1)c1ccc(CC(C)N)cc1C. The molecule has 0 aliphatic rings. The zero-order valence-corrected chi connectivity index (χ0v) is 13.6. The van der Waals surface area contributed by atoms with Crippen LogP contribution in [0.2, 0.25) is 0 Å². The maximum Gasteiger partial charge on any atom is 0.0440 e. The van der Waals surface area contributed by atoms with Crippen LogP contribution >= 0.6 is 0 Å². The Morgan fingerprint density at radius 2 is 1.86 bits per heavy atom. The van der Waals surface area contributed by atoms with E-state index in [1.54, 1.807) is 0 Å². The second-order valence-corrected chi connectivity index (χ2v) is 5.89. The molecule has 0 spiro atoms. The molecule has 0 bridgehead atoms. The van der Waals surface area contributed by atoms with Crippen LogP contribution in [-0.4, -0.2) is 12.6 Å². The lowest BCUT2D eigenvalue weighted by Gasteiger charge is -2.26. The van der Waals surface area contributed by atoms with Crippen molar-refractivity contribution < 1.29 is 0 Å². The van der Waals surface area contributed by atoms with Crippen LogP contribution in [0.15, 0.2) is 42.5 Å². The van der Waals surface area contributed by atoms with Gasteiger partial charge in [-0.3, -0.25) is 0 Å². The Balaban J connectivity index is 2.34. The van der Waals surface area contributed by atoms with Gasteiger partial charge >= 0.3 is 0 Å². The van der Waals surface area contributed by atoms with Crippen molar-refractivity contribution in [2.24, 2.45) is 5.73 Å². The van der Waals surface area contributed by atoms with Crippen LogP contribution in [0.25, 0.3) is 0 Å². The smallest absolute Gasteiger partial charge is 0.0440 e. The first-order chi connectivity index (χ1) is 10.0. The third-order valence-electron chi connectivity index (χ3n) is 3.74. The Morgan fingerprint density at radius 3 is 2.43 bits per heavy atom. The van der Waals surface area contributed by atoms with E-state index in [0.29, 0.717) is 0 Å². The fourth-order valence-electron chi connectivity index (χ4n) is 2.81. The topological polar surface area (TPSA) is 29.3 Å². The lowest BCUT2D eigenvalue weighted by atomic mass is 10.0. The summed E-state index contributed by atoms with van der Waals surface area (Å²) in [7, 11) is 0. The largest absolute Gasteiger partial charge is 0.342 e. The summed E-state index contributed by atoms with van der Waals surface area (Å²) in [6, 6.07) is 15.5. The van der Waals surface area contributed by atoms with Crippen LogP contribution in [0.5, 0.6) is 0 Å². The zero-order chi connectivity index (χ0) is 15.4. The molecule has 0 aromatic heterocycles. The van der Waals surface area contributed by atoms with Crippen LogP contribution in [0.4, 0.5) is 11.4 Å². The Labute approximate surface area is 128 Å². The van der Waals surface area contributed by atoms with Gasteiger partial charge in [0.15, 0.2) is 0 Å². The summed E-state index contributed by atoms with van der Waals surface area (Å²) in [5.41, 5.74) is 12.3. The predicted octanol–water partition coefficient (Wildman–Crippen LogP) is 4.35. The van der Waals surface area contributed by atoms with Crippen LogP contribution in [0, 0.1) is 13.8 Å². The third kappa shape index (κ3) is 3.85. The van der Waals surface area contributed by atoms with E-state index in [4.69, 9.17) is 5.73 Å². The molecule has 0 aliphatic carbocycles. The first-order valence-corrected chi connectivity index (χ1v) is 7.70. The van der Waals surface area contributed by atoms with Gasteiger partial charge in [0, 0.05) is 24.0 Å². The van der Waals surface area contributed by atoms with E-state index in [0.717, 1.165) is 13.0 Å². The molecule has 0 amide bonds. The second kappa shape index (κ2) is 6.77. The van der Waals surface area contributed by atoms with Gasteiger partial charge in [-0.1, -0.05) is 24.3 Å². The fraction of sp³-hybridized carbons (Fsp3) is 0.368. The molecule has 0 fully saturated rings. The molecule has 0 heterocycles. The van der Waals surface area contributed by atoms with Gasteiger partial charge in [0.25, 0.3) is 0 Å². The minimum Gasteiger partial charge on any atom is -0.342 e. The molecule has 2 N–H and O–H groups in total. The molecular weight excluding hydrogens is 256 g/mol. The van der Waals surface area contributed by atoms with E-state index in [1.807, 2.05) is 6.92 Å². The van der Waals surface area contributed by atoms with Gasteiger partial charge in [-0.15, -0.1) is 0 Å². The number of anilines is 2. The summed E-state index contributed by atoms with van der Waals surface area (Å²) < 4.78 is 0. The summed E-state index contributed by atoms with van der Waals surface area (Å²) in [6.45, 7) is 9.51. The van der Waals surface area contributed by atoms with Crippen molar-refractivity contribution in [3.05, 3.63) is 59.2 Å². The number of aryl methyl sites for hydroxylation is 2. The highest BCUT2D eigenvalue weighted by Gasteiger charge is 2.11. The molecule has 2 aromatic rings. The highest BCUT2D eigenvalue weighted by molar-refractivity contribution is 5.67. The number of hydrogen-bond donors (Lipinski definition) is 1. The Kier molecular flexibility index (Phi) is 5.03. The first kappa shape index (κ1) is 15.6. The lowest BCUT2D eigenvalue weighted by Crippen LogP contribution is -2.19. The lowest BCUT2D eigenvalue weighted by molar-refractivity contribution is 0.737. The third-order valence-corrected chi connectivity index (χ3v) is 3.74. The monoisotopic (exact) mass is 282 g/mol. The van der Waals surface area contributed by atoms with E-state index in [2.05, 4.69) is 68.1 Å². The van der Waals surface area contributed by atoms with E-state index >= 15 is 0 Å². The highest BCUT2D eigenvalue weighted by atomic mass is 15.1. The molecule has 1 atom stereocenters.